The van der Waals surface area contributed by atoms with Crippen molar-refractivity contribution in [2.24, 2.45) is 0 Å². The Morgan fingerprint density at radius 3 is 2.92 bits per heavy atom. The molecule has 2 N–H and O–H groups in total. The van der Waals surface area contributed by atoms with Gasteiger partial charge in [0.2, 0.25) is 0 Å². The monoisotopic (exact) mass is 197 g/mol. The molecule has 1 aromatic carbocycles. The number of anilines is 1. The fraction of sp³-hybridized carbons (Fsp3) is 0.400. The number of nitrogens with two attached hydrogens (primary N) is 1. The van der Waals surface area contributed by atoms with Crippen molar-refractivity contribution in [2.45, 2.75) is 6.92 Å². The van der Waals surface area contributed by atoms with Gasteiger partial charge in [-0.05, 0) is 25.3 Å². The van der Waals surface area contributed by atoms with Gasteiger partial charge in [0.25, 0.3) is 0 Å². The summed E-state index contributed by atoms with van der Waals surface area (Å²) in [6.07, 6.45) is 2.07. The van der Waals surface area contributed by atoms with Crippen molar-refractivity contribution in [3.63, 3.8) is 0 Å². The topological polar surface area (TPSA) is 35.2 Å². The number of hydrogen-bond acceptors (Lipinski definition) is 3. The molecule has 3 heteroatoms. The second kappa shape index (κ2) is 5.02. The predicted molar refractivity (Wildman–Crippen MR) is 59.5 cm³/mol. The van der Waals surface area contributed by atoms with Crippen molar-refractivity contribution < 1.29 is 4.74 Å². The highest BCUT2D eigenvalue weighted by Crippen LogP contribution is 2.22. The first kappa shape index (κ1) is 10.3. The highest BCUT2D eigenvalue weighted by Gasteiger charge is 2.00. The molecule has 0 saturated carbocycles. The van der Waals surface area contributed by atoms with Crippen LogP contribution in [-0.2, 0) is 0 Å². The van der Waals surface area contributed by atoms with E-state index in [1.165, 1.54) is 0 Å². The molecular formula is C10H15NOS. The van der Waals surface area contributed by atoms with Crippen molar-refractivity contribution in [1.29, 1.82) is 0 Å². The lowest BCUT2D eigenvalue weighted by Gasteiger charge is -2.09. The van der Waals surface area contributed by atoms with Gasteiger partial charge in [0.15, 0.2) is 0 Å². The molecule has 0 aliphatic rings. The first-order valence-corrected chi connectivity index (χ1v) is 5.62. The number of nitrogen functional groups attached to an aromatic ring is 1. The number of benzene rings is 1. The summed E-state index contributed by atoms with van der Waals surface area (Å²) in [7, 11) is 0. The Bertz CT molecular complexity index is 276. The van der Waals surface area contributed by atoms with Crippen LogP contribution in [0.1, 0.15) is 5.56 Å². The van der Waals surface area contributed by atoms with Crippen LogP contribution in [0.3, 0.4) is 0 Å². The van der Waals surface area contributed by atoms with E-state index in [2.05, 4.69) is 6.26 Å². The van der Waals surface area contributed by atoms with Crippen LogP contribution in [0, 0.1) is 6.92 Å². The largest absolute Gasteiger partial charge is 0.492 e. The molecule has 1 rings (SSSR count). The van der Waals surface area contributed by atoms with Crippen LogP contribution < -0.4 is 10.5 Å². The minimum absolute atomic E-state index is 0.742. The molecule has 0 atom stereocenters. The first-order valence-electron chi connectivity index (χ1n) is 4.22. The van der Waals surface area contributed by atoms with Crippen LogP contribution in [0.4, 0.5) is 5.69 Å². The zero-order valence-electron chi connectivity index (χ0n) is 8.04. The van der Waals surface area contributed by atoms with E-state index in [1.807, 2.05) is 25.1 Å². The number of rotatable bonds is 4. The maximum atomic E-state index is 5.74. The quantitative estimate of drug-likeness (QED) is 0.594. The molecular weight excluding hydrogens is 182 g/mol. The third-order valence-electron chi connectivity index (χ3n) is 1.87. The summed E-state index contributed by atoms with van der Waals surface area (Å²) in [4.78, 5) is 0. The van der Waals surface area contributed by atoms with Crippen LogP contribution in [0.5, 0.6) is 5.75 Å². The highest BCUT2D eigenvalue weighted by atomic mass is 32.2. The lowest BCUT2D eigenvalue weighted by Crippen LogP contribution is -2.02. The SMILES string of the molecule is CSCCOc1cccc(N)c1C. The highest BCUT2D eigenvalue weighted by molar-refractivity contribution is 7.98. The number of ether oxygens (including phenoxy) is 1. The van der Waals surface area contributed by atoms with Crippen molar-refractivity contribution >= 4 is 17.4 Å². The zero-order chi connectivity index (χ0) is 9.68. The van der Waals surface area contributed by atoms with Crippen LogP contribution in [0.15, 0.2) is 18.2 Å². The van der Waals surface area contributed by atoms with Crippen molar-refractivity contribution in [2.75, 3.05) is 24.3 Å². The average molecular weight is 197 g/mol. The van der Waals surface area contributed by atoms with Gasteiger partial charge in [0.1, 0.15) is 5.75 Å². The first-order chi connectivity index (χ1) is 6.25. The minimum Gasteiger partial charge on any atom is -0.492 e. The van der Waals surface area contributed by atoms with E-state index in [0.717, 1.165) is 29.4 Å². The maximum Gasteiger partial charge on any atom is 0.124 e. The zero-order valence-corrected chi connectivity index (χ0v) is 8.86. The van der Waals surface area contributed by atoms with Gasteiger partial charge in [-0.15, -0.1) is 0 Å². The summed E-state index contributed by atoms with van der Waals surface area (Å²) in [6.45, 7) is 2.72. The molecule has 0 heterocycles. The molecule has 0 aromatic heterocycles. The Labute approximate surface area is 83.5 Å². The van der Waals surface area contributed by atoms with Crippen LogP contribution >= 0.6 is 11.8 Å². The summed E-state index contributed by atoms with van der Waals surface area (Å²) >= 11 is 1.77. The summed E-state index contributed by atoms with van der Waals surface area (Å²) in [6, 6.07) is 5.75. The van der Waals surface area contributed by atoms with Gasteiger partial charge in [-0.1, -0.05) is 6.07 Å². The normalized spacial score (nSPS) is 10.0. The minimum atomic E-state index is 0.742. The van der Waals surface area contributed by atoms with E-state index in [-0.39, 0.29) is 0 Å². The fourth-order valence-electron chi connectivity index (χ4n) is 1.02. The molecule has 0 spiro atoms. The predicted octanol–water partition coefficient (Wildman–Crippen LogP) is 2.32. The molecule has 1 aromatic rings. The molecule has 0 unspecified atom stereocenters. The molecule has 13 heavy (non-hydrogen) atoms. The Morgan fingerprint density at radius 2 is 2.23 bits per heavy atom. The third kappa shape index (κ3) is 2.84. The van der Waals surface area contributed by atoms with Crippen LogP contribution in [0.25, 0.3) is 0 Å². The van der Waals surface area contributed by atoms with Gasteiger partial charge < -0.3 is 10.5 Å². The van der Waals surface area contributed by atoms with E-state index in [1.54, 1.807) is 11.8 Å². The molecule has 0 aliphatic heterocycles. The van der Waals surface area contributed by atoms with E-state index in [0.29, 0.717) is 0 Å². The molecule has 2 nitrogen and oxygen atoms in total. The molecule has 72 valence electrons. The van der Waals surface area contributed by atoms with E-state index < -0.39 is 0 Å². The lowest BCUT2D eigenvalue weighted by molar-refractivity contribution is 0.342. The number of hydrogen-bond donors (Lipinski definition) is 1. The Morgan fingerprint density at radius 1 is 1.46 bits per heavy atom. The van der Waals surface area contributed by atoms with E-state index in [4.69, 9.17) is 10.5 Å². The summed E-state index contributed by atoms with van der Waals surface area (Å²) in [5.41, 5.74) is 7.56. The summed E-state index contributed by atoms with van der Waals surface area (Å²) < 4.78 is 5.56. The summed E-state index contributed by atoms with van der Waals surface area (Å²) in [5, 5.41) is 0. The second-order valence-corrected chi connectivity index (χ2v) is 3.80. The molecule has 0 bridgehead atoms. The molecule has 0 amide bonds. The molecule has 0 radical (unpaired) electrons. The number of thioether (sulfide) groups is 1. The van der Waals surface area contributed by atoms with Gasteiger partial charge in [-0.2, -0.15) is 11.8 Å². The third-order valence-corrected chi connectivity index (χ3v) is 2.45. The van der Waals surface area contributed by atoms with Crippen molar-refractivity contribution in [3.8, 4) is 5.75 Å². The fourth-order valence-corrected chi connectivity index (χ4v) is 1.27. The van der Waals surface area contributed by atoms with Crippen molar-refractivity contribution in [1.82, 2.24) is 0 Å². The van der Waals surface area contributed by atoms with Crippen LogP contribution in [0.2, 0.25) is 0 Å². The molecule has 0 fully saturated rings. The van der Waals surface area contributed by atoms with E-state index in [9.17, 15) is 0 Å². The molecule has 0 saturated heterocycles. The lowest BCUT2D eigenvalue weighted by atomic mass is 10.2. The van der Waals surface area contributed by atoms with Gasteiger partial charge in [0, 0.05) is 17.0 Å². The van der Waals surface area contributed by atoms with E-state index >= 15 is 0 Å². The standard InChI is InChI=1S/C10H15NOS/c1-8-9(11)4-3-5-10(8)12-6-7-13-2/h3-5H,6-7,11H2,1-2H3. The van der Waals surface area contributed by atoms with Gasteiger partial charge in [-0.25, -0.2) is 0 Å². The Kier molecular flexibility index (Phi) is 3.96. The Balaban J connectivity index is 2.61. The maximum absolute atomic E-state index is 5.74. The van der Waals surface area contributed by atoms with Gasteiger partial charge >= 0.3 is 0 Å². The second-order valence-electron chi connectivity index (χ2n) is 2.81. The Hall–Kier alpha value is -0.830. The average Bonchev–Trinajstić information content (AvgIpc) is 2.13. The van der Waals surface area contributed by atoms with Gasteiger partial charge in [-0.3, -0.25) is 0 Å². The smallest absolute Gasteiger partial charge is 0.124 e. The van der Waals surface area contributed by atoms with Crippen molar-refractivity contribution in [3.05, 3.63) is 23.8 Å². The summed E-state index contributed by atoms with van der Waals surface area (Å²) in [5.74, 6) is 1.91. The van der Waals surface area contributed by atoms with Gasteiger partial charge in [0.05, 0.1) is 6.61 Å². The van der Waals surface area contributed by atoms with Crippen LogP contribution in [-0.4, -0.2) is 18.6 Å². The molecule has 0 aliphatic carbocycles.